The summed E-state index contributed by atoms with van der Waals surface area (Å²) in [6.07, 6.45) is 1.83. The molecule has 1 aromatic heterocycles. The van der Waals surface area contributed by atoms with E-state index in [2.05, 4.69) is 59.0 Å². The van der Waals surface area contributed by atoms with Gasteiger partial charge in [-0.05, 0) is 34.6 Å². The fourth-order valence-corrected chi connectivity index (χ4v) is 3.92. The Morgan fingerprint density at radius 3 is 2.14 bits per heavy atom. The molecule has 0 amide bonds. The average Bonchev–Trinajstić information content (AvgIpc) is 2.90. The third-order valence-corrected chi connectivity index (χ3v) is 5.09. The largest absolute Gasteiger partial charge is 0.460 e. The molecule has 0 saturated heterocycles. The lowest BCUT2D eigenvalue weighted by Crippen LogP contribution is -1.93. The standard InChI is InChI=1S/C19H16ClIO/c20-13-16-17(12-11-14-7-3-1-4-8-14)22-19(18(16)21)15-9-5-2-6-10-15/h1-10H,11-13H2. The number of aryl methyl sites for hydroxylation is 2. The molecular weight excluding hydrogens is 407 g/mol. The van der Waals surface area contributed by atoms with E-state index in [1.54, 1.807) is 0 Å². The maximum atomic E-state index is 6.16. The van der Waals surface area contributed by atoms with Crippen LogP contribution in [0.3, 0.4) is 0 Å². The summed E-state index contributed by atoms with van der Waals surface area (Å²) in [5.74, 6) is 2.42. The summed E-state index contributed by atoms with van der Waals surface area (Å²) < 4.78 is 7.28. The van der Waals surface area contributed by atoms with Crippen molar-refractivity contribution < 1.29 is 4.42 Å². The molecule has 0 saturated carbocycles. The molecule has 0 aliphatic rings. The van der Waals surface area contributed by atoms with Crippen molar-refractivity contribution in [1.82, 2.24) is 0 Å². The van der Waals surface area contributed by atoms with Crippen molar-refractivity contribution in [2.24, 2.45) is 0 Å². The lowest BCUT2D eigenvalue weighted by atomic mass is 10.1. The van der Waals surface area contributed by atoms with Crippen molar-refractivity contribution >= 4 is 34.2 Å². The summed E-state index contributed by atoms with van der Waals surface area (Å²) in [5, 5.41) is 0. The Bertz CT molecular complexity index is 735. The van der Waals surface area contributed by atoms with Gasteiger partial charge in [0.25, 0.3) is 0 Å². The number of furan rings is 1. The number of alkyl halides is 1. The first kappa shape index (κ1) is 15.6. The minimum absolute atomic E-state index is 0.485. The zero-order valence-electron chi connectivity index (χ0n) is 12.1. The van der Waals surface area contributed by atoms with E-state index in [1.807, 2.05) is 24.3 Å². The van der Waals surface area contributed by atoms with Crippen molar-refractivity contribution in [3.63, 3.8) is 0 Å². The van der Waals surface area contributed by atoms with Gasteiger partial charge in [0, 0.05) is 17.5 Å². The van der Waals surface area contributed by atoms with E-state index in [9.17, 15) is 0 Å². The van der Waals surface area contributed by atoms with Crippen LogP contribution in [0.1, 0.15) is 16.9 Å². The topological polar surface area (TPSA) is 13.1 Å². The lowest BCUT2D eigenvalue weighted by molar-refractivity contribution is 0.517. The van der Waals surface area contributed by atoms with E-state index < -0.39 is 0 Å². The van der Waals surface area contributed by atoms with Gasteiger partial charge in [0.1, 0.15) is 11.5 Å². The predicted octanol–water partition coefficient (Wildman–Crippen LogP) is 6.08. The molecule has 3 aromatic rings. The fraction of sp³-hybridized carbons (Fsp3) is 0.158. The highest BCUT2D eigenvalue weighted by Gasteiger charge is 2.18. The first-order chi connectivity index (χ1) is 10.8. The number of halogens is 2. The molecular formula is C19H16ClIO. The van der Waals surface area contributed by atoms with Crippen LogP contribution in [-0.2, 0) is 18.7 Å². The van der Waals surface area contributed by atoms with Crippen LogP contribution in [0.4, 0.5) is 0 Å². The highest BCUT2D eigenvalue weighted by Crippen LogP contribution is 2.34. The van der Waals surface area contributed by atoms with Crippen LogP contribution in [0.25, 0.3) is 11.3 Å². The monoisotopic (exact) mass is 422 g/mol. The van der Waals surface area contributed by atoms with Gasteiger partial charge in [0.15, 0.2) is 0 Å². The molecule has 2 aromatic carbocycles. The smallest absolute Gasteiger partial charge is 0.147 e. The quantitative estimate of drug-likeness (QED) is 0.359. The molecule has 0 N–H and O–H groups in total. The van der Waals surface area contributed by atoms with Gasteiger partial charge in [-0.1, -0.05) is 60.7 Å². The van der Waals surface area contributed by atoms with Gasteiger partial charge in [-0.25, -0.2) is 0 Å². The third-order valence-electron chi connectivity index (χ3n) is 3.68. The molecule has 0 atom stereocenters. The van der Waals surface area contributed by atoms with E-state index >= 15 is 0 Å². The molecule has 1 heterocycles. The zero-order chi connectivity index (χ0) is 15.4. The van der Waals surface area contributed by atoms with E-state index in [0.29, 0.717) is 5.88 Å². The Kier molecular flexibility index (Phi) is 5.21. The summed E-state index contributed by atoms with van der Waals surface area (Å²) >= 11 is 8.50. The number of hydrogen-bond acceptors (Lipinski definition) is 1. The van der Waals surface area contributed by atoms with Gasteiger partial charge in [0.2, 0.25) is 0 Å². The van der Waals surface area contributed by atoms with Crippen LogP contribution in [0.15, 0.2) is 65.1 Å². The first-order valence-electron chi connectivity index (χ1n) is 7.25. The molecule has 112 valence electrons. The third kappa shape index (κ3) is 3.39. The summed E-state index contributed by atoms with van der Waals surface area (Å²) in [5.41, 5.74) is 3.54. The van der Waals surface area contributed by atoms with Crippen LogP contribution in [-0.4, -0.2) is 0 Å². The molecule has 0 aliphatic carbocycles. The normalized spacial score (nSPS) is 10.8. The minimum Gasteiger partial charge on any atom is -0.460 e. The van der Waals surface area contributed by atoms with Crippen molar-refractivity contribution in [1.29, 1.82) is 0 Å². The van der Waals surface area contributed by atoms with Crippen LogP contribution in [0.5, 0.6) is 0 Å². The summed E-state index contributed by atoms with van der Waals surface area (Å²) in [6.45, 7) is 0. The van der Waals surface area contributed by atoms with Crippen LogP contribution in [0.2, 0.25) is 0 Å². The van der Waals surface area contributed by atoms with Crippen LogP contribution >= 0.6 is 34.2 Å². The Morgan fingerprint density at radius 1 is 0.864 bits per heavy atom. The van der Waals surface area contributed by atoms with Gasteiger partial charge < -0.3 is 4.42 Å². The molecule has 3 heteroatoms. The Hall–Kier alpha value is -1.26. The second kappa shape index (κ2) is 7.34. The SMILES string of the molecule is ClCc1c(CCc2ccccc2)oc(-c2ccccc2)c1I. The van der Waals surface area contributed by atoms with Crippen molar-refractivity contribution in [2.75, 3.05) is 0 Å². The average molecular weight is 423 g/mol. The Morgan fingerprint density at radius 2 is 1.50 bits per heavy atom. The lowest BCUT2D eigenvalue weighted by Gasteiger charge is -2.01. The molecule has 3 rings (SSSR count). The second-order valence-electron chi connectivity index (χ2n) is 5.13. The van der Waals surface area contributed by atoms with Gasteiger partial charge >= 0.3 is 0 Å². The summed E-state index contributed by atoms with van der Waals surface area (Å²) in [6, 6.07) is 20.7. The van der Waals surface area contributed by atoms with Crippen molar-refractivity contribution in [3.05, 3.63) is 81.1 Å². The van der Waals surface area contributed by atoms with E-state index in [4.69, 9.17) is 16.0 Å². The second-order valence-corrected chi connectivity index (χ2v) is 6.48. The number of benzene rings is 2. The molecule has 1 nitrogen and oxygen atoms in total. The maximum Gasteiger partial charge on any atom is 0.147 e. The zero-order valence-corrected chi connectivity index (χ0v) is 15.0. The van der Waals surface area contributed by atoms with Crippen molar-refractivity contribution in [2.45, 2.75) is 18.7 Å². The van der Waals surface area contributed by atoms with Gasteiger partial charge in [0.05, 0.1) is 9.45 Å². The van der Waals surface area contributed by atoms with Gasteiger partial charge in [-0.3, -0.25) is 0 Å². The molecule has 0 spiro atoms. The predicted molar refractivity (Wildman–Crippen MR) is 100 cm³/mol. The highest BCUT2D eigenvalue weighted by atomic mass is 127. The minimum atomic E-state index is 0.485. The van der Waals surface area contributed by atoms with Crippen molar-refractivity contribution in [3.8, 4) is 11.3 Å². The van der Waals surface area contributed by atoms with Gasteiger partial charge in [-0.2, -0.15) is 0 Å². The molecule has 22 heavy (non-hydrogen) atoms. The fourth-order valence-electron chi connectivity index (χ4n) is 2.50. The van der Waals surface area contributed by atoms with Gasteiger partial charge in [-0.15, -0.1) is 11.6 Å². The molecule has 0 radical (unpaired) electrons. The summed E-state index contributed by atoms with van der Waals surface area (Å²) in [7, 11) is 0. The Labute approximate surface area is 149 Å². The van der Waals surface area contributed by atoms with E-state index in [-0.39, 0.29) is 0 Å². The highest BCUT2D eigenvalue weighted by molar-refractivity contribution is 14.1. The maximum absolute atomic E-state index is 6.16. The van der Waals surface area contributed by atoms with Crippen LogP contribution < -0.4 is 0 Å². The van der Waals surface area contributed by atoms with E-state index in [1.165, 1.54) is 5.56 Å². The molecule has 0 bridgehead atoms. The van der Waals surface area contributed by atoms with Crippen LogP contribution in [0, 0.1) is 3.57 Å². The molecule has 0 unspecified atom stereocenters. The first-order valence-corrected chi connectivity index (χ1v) is 8.86. The Balaban J connectivity index is 1.88. The summed E-state index contributed by atoms with van der Waals surface area (Å²) in [4.78, 5) is 0. The molecule has 0 fully saturated rings. The molecule has 0 aliphatic heterocycles. The van der Waals surface area contributed by atoms with E-state index in [0.717, 1.165) is 39.1 Å². The number of rotatable bonds is 5. The number of hydrogen-bond donors (Lipinski definition) is 0.